The Morgan fingerprint density at radius 3 is 2.62 bits per heavy atom. The summed E-state index contributed by atoms with van der Waals surface area (Å²) in [7, 11) is 0. The summed E-state index contributed by atoms with van der Waals surface area (Å²) in [6.45, 7) is 8.42. The highest BCUT2D eigenvalue weighted by molar-refractivity contribution is 4.59. The molecule has 0 aliphatic carbocycles. The van der Waals surface area contributed by atoms with Gasteiger partial charge in [-0.3, -0.25) is 0 Å². The highest BCUT2D eigenvalue weighted by atomic mass is 16.3. The minimum Gasteiger partial charge on any atom is -0.392 e. The van der Waals surface area contributed by atoms with Crippen LogP contribution in [0, 0.1) is 13.8 Å². The first-order chi connectivity index (χ1) is 3.77. The van der Waals surface area contributed by atoms with E-state index < -0.39 is 6.10 Å². The fourth-order valence-corrected chi connectivity index (χ4v) is 0.394. The van der Waals surface area contributed by atoms with Gasteiger partial charge in [-0.25, -0.2) is 0 Å². The molecule has 48 valence electrons. The summed E-state index contributed by atoms with van der Waals surface area (Å²) >= 11 is 0. The molecule has 0 heterocycles. The van der Waals surface area contributed by atoms with Gasteiger partial charge in [0.15, 0.2) is 0 Å². The third-order valence-electron chi connectivity index (χ3n) is 0.734. The first-order valence-corrected chi connectivity index (χ1v) is 2.78. The van der Waals surface area contributed by atoms with Gasteiger partial charge in [0.1, 0.15) is 0 Å². The Hall–Kier alpha value is -0.0800. The van der Waals surface area contributed by atoms with Crippen molar-refractivity contribution in [1.29, 1.82) is 0 Å². The summed E-state index contributed by atoms with van der Waals surface area (Å²) in [6, 6.07) is 0. The maximum Gasteiger partial charge on any atom is 0.0665 e. The lowest BCUT2D eigenvalue weighted by Gasteiger charge is -2.03. The topological polar surface area (TPSA) is 32.3 Å². The van der Waals surface area contributed by atoms with Crippen LogP contribution >= 0.6 is 0 Å². The van der Waals surface area contributed by atoms with Gasteiger partial charge in [-0.1, -0.05) is 6.92 Å². The van der Waals surface area contributed by atoms with Crippen LogP contribution in [0.25, 0.3) is 0 Å². The van der Waals surface area contributed by atoms with Gasteiger partial charge in [0.2, 0.25) is 0 Å². The smallest absolute Gasteiger partial charge is 0.0665 e. The van der Waals surface area contributed by atoms with E-state index in [1.54, 1.807) is 0 Å². The average Bonchev–Trinajstić information content (AvgIpc) is 1.66. The molecule has 2 heteroatoms. The molecule has 2 nitrogen and oxygen atoms in total. The Labute approximate surface area is 50.9 Å². The zero-order valence-corrected chi connectivity index (χ0v) is 5.06. The zero-order chi connectivity index (χ0) is 6.41. The van der Waals surface area contributed by atoms with Gasteiger partial charge in [-0.05, 0) is 19.9 Å². The highest BCUT2D eigenvalue weighted by Gasteiger charge is 1.90. The predicted molar refractivity (Wildman–Crippen MR) is 34.2 cm³/mol. The van der Waals surface area contributed by atoms with Crippen molar-refractivity contribution in [3.63, 3.8) is 0 Å². The van der Waals surface area contributed by atoms with E-state index in [9.17, 15) is 0 Å². The molecule has 0 aliphatic rings. The van der Waals surface area contributed by atoms with Gasteiger partial charge in [-0.15, -0.1) is 0 Å². The Morgan fingerprint density at radius 2 is 2.25 bits per heavy atom. The van der Waals surface area contributed by atoms with Gasteiger partial charge in [0, 0.05) is 6.54 Å². The maximum absolute atomic E-state index is 8.58. The standard InChI is InChI=1S/C6H13NO/c1-3-4-7-5-6(2)8/h6-8H,1-5H2. The average molecular weight is 115 g/mol. The van der Waals surface area contributed by atoms with Gasteiger partial charge >= 0.3 is 0 Å². The SMILES string of the molecule is [CH2]CCNCC([CH2])O. The molecule has 2 radical (unpaired) electrons. The number of rotatable bonds is 4. The summed E-state index contributed by atoms with van der Waals surface area (Å²) in [5.74, 6) is 0. The van der Waals surface area contributed by atoms with E-state index in [4.69, 9.17) is 5.11 Å². The summed E-state index contributed by atoms with van der Waals surface area (Å²) in [5.41, 5.74) is 0. The number of aliphatic hydroxyl groups is 1. The van der Waals surface area contributed by atoms with E-state index in [-0.39, 0.29) is 0 Å². The van der Waals surface area contributed by atoms with Gasteiger partial charge in [0.05, 0.1) is 6.10 Å². The van der Waals surface area contributed by atoms with Crippen molar-refractivity contribution in [2.24, 2.45) is 0 Å². The van der Waals surface area contributed by atoms with Crippen molar-refractivity contribution in [3.8, 4) is 0 Å². The van der Waals surface area contributed by atoms with Crippen LogP contribution in [0.1, 0.15) is 6.42 Å². The van der Waals surface area contributed by atoms with Crippen molar-refractivity contribution in [3.05, 3.63) is 13.8 Å². The Morgan fingerprint density at radius 1 is 1.62 bits per heavy atom. The quantitative estimate of drug-likeness (QED) is 0.505. The summed E-state index contributed by atoms with van der Waals surface area (Å²) < 4.78 is 0. The maximum atomic E-state index is 8.58. The van der Waals surface area contributed by atoms with Crippen LogP contribution in [0.4, 0.5) is 0 Å². The third-order valence-corrected chi connectivity index (χ3v) is 0.734. The molecular weight excluding hydrogens is 102 g/mol. The molecule has 1 unspecified atom stereocenters. The fourth-order valence-electron chi connectivity index (χ4n) is 0.394. The molecule has 0 bridgehead atoms. The van der Waals surface area contributed by atoms with Crippen molar-refractivity contribution < 1.29 is 5.11 Å². The molecule has 0 aromatic heterocycles. The van der Waals surface area contributed by atoms with Crippen molar-refractivity contribution in [2.75, 3.05) is 13.1 Å². The normalized spacial score (nSPS) is 13.9. The molecule has 0 rings (SSSR count). The highest BCUT2D eigenvalue weighted by Crippen LogP contribution is 1.74. The fraction of sp³-hybridized carbons (Fsp3) is 0.667. The van der Waals surface area contributed by atoms with Crippen LogP contribution in [-0.4, -0.2) is 24.3 Å². The first-order valence-electron chi connectivity index (χ1n) is 2.78. The summed E-state index contributed by atoms with van der Waals surface area (Å²) in [6.07, 6.45) is 0.369. The minimum absolute atomic E-state index is 0.485. The van der Waals surface area contributed by atoms with Crippen molar-refractivity contribution >= 4 is 0 Å². The predicted octanol–water partition coefficient (Wildman–Crippen LogP) is -0.00482. The van der Waals surface area contributed by atoms with Gasteiger partial charge < -0.3 is 10.4 Å². The zero-order valence-electron chi connectivity index (χ0n) is 5.06. The second kappa shape index (κ2) is 5.06. The number of aliphatic hydroxyl groups excluding tert-OH is 1. The molecule has 8 heavy (non-hydrogen) atoms. The third kappa shape index (κ3) is 5.92. The van der Waals surface area contributed by atoms with E-state index in [1.165, 1.54) is 0 Å². The molecule has 0 amide bonds. The lowest BCUT2D eigenvalue weighted by atomic mass is 10.4. The molecule has 0 aromatic carbocycles. The minimum atomic E-state index is -0.485. The number of nitrogens with one attached hydrogen (secondary N) is 1. The summed E-state index contributed by atoms with van der Waals surface area (Å²) in [4.78, 5) is 0. The van der Waals surface area contributed by atoms with Gasteiger partial charge in [0.25, 0.3) is 0 Å². The van der Waals surface area contributed by atoms with E-state index in [1.807, 2.05) is 0 Å². The van der Waals surface area contributed by atoms with E-state index >= 15 is 0 Å². The number of hydrogen-bond donors (Lipinski definition) is 2. The molecular formula is C6H13NO. The van der Waals surface area contributed by atoms with Crippen LogP contribution in [0.5, 0.6) is 0 Å². The van der Waals surface area contributed by atoms with E-state index in [2.05, 4.69) is 19.2 Å². The lowest BCUT2D eigenvalue weighted by Crippen LogP contribution is -2.24. The molecule has 0 aliphatic heterocycles. The second-order valence-corrected chi connectivity index (χ2v) is 1.71. The van der Waals surface area contributed by atoms with E-state index in [0.29, 0.717) is 6.54 Å². The second-order valence-electron chi connectivity index (χ2n) is 1.71. The molecule has 2 N–H and O–H groups in total. The van der Waals surface area contributed by atoms with Crippen LogP contribution in [0.3, 0.4) is 0 Å². The molecule has 0 saturated carbocycles. The molecule has 1 atom stereocenters. The molecule has 0 aromatic rings. The molecule has 0 fully saturated rings. The lowest BCUT2D eigenvalue weighted by molar-refractivity contribution is 0.217. The van der Waals surface area contributed by atoms with Gasteiger partial charge in [-0.2, -0.15) is 0 Å². The Bertz CT molecular complexity index is 45.8. The van der Waals surface area contributed by atoms with Crippen LogP contribution < -0.4 is 5.32 Å². The molecule has 0 saturated heterocycles. The van der Waals surface area contributed by atoms with Crippen LogP contribution in [-0.2, 0) is 0 Å². The first kappa shape index (κ1) is 7.92. The Kier molecular flexibility index (Phi) is 5.01. The van der Waals surface area contributed by atoms with Crippen molar-refractivity contribution in [2.45, 2.75) is 12.5 Å². The summed E-state index contributed by atoms with van der Waals surface area (Å²) in [5, 5.41) is 11.5. The Balaban J connectivity index is 2.72. The van der Waals surface area contributed by atoms with Crippen LogP contribution in [0.15, 0.2) is 0 Å². The van der Waals surface area contributed by atoms with Crippen molar-refractivity contribution in [1.82, 2.24) is 5.32 Å². The number of hydrogen-bond acceptors (Lipinski definition) is 2. The largest absolute Gasteiger partial charge is 0.392 e. The monoisotopic (exact) mass is 115 g/mol. The van der Waals surface area contributed by atoms with Crippen LogP contribution in [0.2, 0.25) is 0 Å². The molecule has 0 spiro atoms. The van der Waals surface area contributed by atoms with E-state index in [0.717, 1.165) is 13.0 Å².